The van der Waals surface area contributed by atoms with Crippen LogP contribution in [0.25, 0.3) is 0 Å². The fourth-order valence-corrected chi connectivity index (χ4v) is 4.05. The lowest BCUT2D eigenvalue weighted by molar-refractivity contribution is -0.115. The van der Waals surface area contributed by atoms with E-state index in [4.69, 9.17) is 0 Å². The zero-order valence-corrected chi connectivity index (χ0v) is 14.9. The predicted molar refractivity (Wildman–Crippen MR) is 94.2 cm³/mol. The standard InChI is InChI=1S/C16H20N4OS2/c1-10-7-13(23-16-20-19-11(2)22-16)5-6-14(10)18-15(21)9-17-8-12-3-4-12/h5-7,12,17H,3-4,8-9H2,1-2H3,(H,18,21). The monoisotopic (exact) mass is 348 g/mol. The number of nitrogens with one attached hydrogen (secondary N) is 2. The van der Waals surface area contributed by atoms with Gasteiger partial charge in [0.25, 0.3) is 0 Å². The van der Waals surface area contributed by atoms with Gasteiger partial charge in [-0.15, -0.1) is 10.2 Å². The number of carbonyl (C=O) groups is 1. The molecule has 1 fully saturated rings. The molecule has 2 aromatic rings. The van der Waals surface area contributed by atoms with Crippen molar-refractivity contribution in [1.29, 1.82) is 0 Å². The van der Waals surface area contributed by atoms with Crippen molar-refractivity contribution in [3.05, 3.63) is 28.8 Å². The first kappa shape index (κ1) is 16.4. The smallest absolute Gasteiger partial charge is 0.238 e. The molecule has 1 aromatic heterocycles. The number of aromatic nitrogens is 2. The van der Waals surface area contributed by atoms with Crippen LogP contribution in [0.1, 0.15) is 23.4 Å². The quantitative estimate of drug-likeness (QED) is 0.804. The van der Waals surface area contributed by atoms with Crippen LogP contribution in [0.5, 0.6) is 0 Å². The molecular formula is C16H20N4OS2. The summed E-state index contributed by atoms with van der Waals surface area (Å²) in [5.41, 5.74) is 1.91. The fourth-order valence-electron chi connectivity index (χ4n) is 2.17. The number of hydrogen-bond acceptors (Lipinski definition) is 6. The van der Waals surface area contributed by atoms with Gasteiger partial charge in [-0.1, -0.05) is 23.1 Å². The minimum Gasteiger partial charge on any atom is -0.325 e. The van der Waals surface area contributed by atoms with Gasteiger partial charge in [0.05, 0.1) is 6.54 Å². The molecule has 1 aliphatic carbocycles. The van der Waals surface area contributed by atoms with E-state index in [-0.39, 0.29) is 5.91 Å². The molecule has 1 aromatic carbocycles. The second kappa shape index (κ2) is 7.42. The molecule has 0 unspecified atom stereocenters. The average Bonchev–Trinajstić information content (AvgIpc) is 3.24. The van der Waals surface area contributed by atoms with Crippen LogP contribution in [0.4, 0.5) is 5.69 Å². The van der Waals surface area contributed by atoms with Gasteiger partial charge in [0.1, 0.15) is 5.01 Å². The Morgan fingerprint density at radius 2 is 2.17 bits per heavy atom. The molecule has 2 N–H and O–H groups in total. The lowest BCUT2D eigenvalue weighted by Gasteiger charge is -2.10. The highest BCUT2D eigenvalue weighted by atomic mass is 32.2. The molecule has 1 aliphatic rings. The number of benzene rings is 1. The molecule has 0 spiro atoms. The van der Waals surface area contributed by atoms with Gasteiger partial charge in [0, 0.05) is 10.6 Å². The summed E-state index contributed by atoms with van der Waals surface area (Å²) in [7, 11) is 0. The molecule has 1 amide bonds. The Bertz CT molecular complexity index is 697. The number of hydrogen-bond donors (Lipinski definition) is 2. The summed E-state index contributed by atoms with van der Waals surface area (Å²) < 4.78 is 0.933. The summed E-state index contributed by atoms with van der Waals surface area (Å²) in [6, 6.07) is 6.01. The first-order chi connectivity index (χ1) is 11.1. The highest BCUT2D eigenvalue weighted by molar-refractivity contribution is 8.01. The van der Waals surface area contributed by atoms with E-state index in [0.29, 0.717) is 6.54 Å². The van der Waals surface area contributed by atoms with Gasteiger partial charge in [-0.2, -0.15) is 0 Å². The molecule has 7 heteroatoms. The number of aryl methyl sites for hydroxylation is 2. The van der Waals surface area contributed by atoms with Gasteiger partial charge in [-0.25, -0.2) is 0 Å². The molecule has 122 valence electrons. The Morgan fingerprint density at radius 3 is 2.83 bits per heavy atom. The Balaban J connectivity index is 1.54. The third-order valence-corrected chi connectivity index (χ3v) is 5.48. The van der Waals surface area contributed by atoms with E-state index in [1.54, 1.807) is 23.1 Å². The number of anilines is 1. The highest BCUT2D eigenvalue weighted by Gasteiger charge is 2.20. The van der Waals surface area contributed by atoms with Crippen LogP contribution >= 0.6 is 23.1 Å². The molecule has 1 heterocycles. The summed E-state index contributed by atoms with van der Waals surface area (Å²) in [5.74, 6) is 0.790. The van der Waals surface area contributed by atoms with Crippen LogP contribution in [-0.4, -0.2) is 29.2 Å². The molecule has 0 bridgehead atoms. The van der Waals surface area contributed by atoms with E-state index in [9.17, 15) is 4.79 Å². The second-order valence-electron chi connectivity index (χ2n) is 5.79. The summed E-state index contributed by atoms with van der Waals surface area (Å²) in [6.45, 7) is 5.27. The third-order valence-electron chi connectivity index (χ3n) is 3.60. The fraction of sp³-hybridized carbons (Fsp3) is 0.438. The predicted octanol–water partition coefficient (Wildman–Crippen LogP) is 3.24. The topological polar surface area (TPSA) is 66.9 Å². The third kappa shape index (κ3) is 5.02. The van der Waals surface area contributed by atoms with Crippen molar-refractivity contribution in [1.82, 2.24) is 15.5 Å². The molecule has 1 saturated carbocycles. The van der Waals surface area contributed by atoms with Crippen LogP contribution in [0.15, 0.2) is 27.4 Å². The zero-order chi connectivity index (χ0) is 16.2. The minimum atomic E-state index is 0.00824. The van der Waals surface area contributed by atoms with Crippen LogP contribution in [0.3, 0.4) is 0 Å². The Labute approximate surface area is 144 Å². The number of rotatable bonds is 7. The van der Waals surface area contributed by atoms with Crippen molar-refractivity contribution in [3.8, 4) is 0 Å². The number of carbonyl (C=O) groups excluding carboxylic acids is 1. The van der Waals surface area contributed by atoms with E-state index in [1.165, 1.54) is 12.8 Å². The normalized spacial score (nSPS) is 14.0. The van der Waals surface area contributed by atoms with E-state index >= 15 is 0 Å². The van der Waals surface area contributed by atoms with Crippen LogP contribution in [0, 0.1) is 19.8 Å². The van der Waals surface area contributed by atoms with Gasteiger partial charge in [0.15, 0.2) is 4.34 Å². The maximum Gasteiger partial charge on any atom is 0.238 e. The van der Waals surface area contributed by atoms with Crippen molar-refractivity contribution in [2.24, 2.45) is 5.92 Å². The van der Waals surface area contributed by atoms with Crippen molar-refractivity contribution >= 4 is 34.7 Å². The van der Waals surface area contributed by atoms with Crippen molar-refractivity contribution in [2.45, 2.75) is 35.9 Å². The summed E-state index contributed by atoms with van der Waals surface area (Å²) in [4.78, 5) is 13.1. The molecule has 5 nitrogen and oxygen atoms in total. The van der Waals surface area contributed by atoms with E-state index < -0.39 is 0 Å². The first-order valence-electron chi connectivity index (χ1n) is 7.69. The maximum absolute atomic E-state index is 11.9. The molecular weight excluding hydrogens is 328 g/mol. The Kier molecular flexibility index (Phi) is 5.30. The van der Waals surface area contributed by atoms with Crippen LogP contribution in [0.2, 0.25) is 0 Å². The summed E-state index contributed by atoms with van der Waals surface area (Å²) in [5, 5.41) is 15.3. The van der Waals surface area contributed by atoms with Gasteiger partial charge < -0.3 is 10.6 Å². The van der Waals surface area contributed by atoms with E-state index in [0.717, 1.165) is 38.0 Å². The van der Waals surface area contributed by atoms with Crippen molar-refractivity contribution in [3.63, 3.8) is 0 Å². The molecule has 0 saturated heterocycles. The molecule has 0 atom stereocenters. The largest absolute Gasteiger partial charge is 0.325 e. The van der Waals surface area contributed by atoms with Crippen molar-refractivity contribution < 1.29 is 4.79 Å². The van der Waals surface area contributed by atoms with Crippen LogP contribution < -0.4 is 10.6 Å². The van der Waals surface area contributed by atoms with E-state index in [1.807, 2.05) is 26.0 Å². The van der Waals surface area contributed by atoms with E-state index in [2.05, 4.69) is 26.9 Å². The number of amides is 1. The van der Waals surface area contributed by atoms with Gasteiger partial charge in [0.2, 0.25) is 5.91 Å². The van der Waals surface area contributed by atoms with Crippen LogP contribution in [-0.2, 0) is 4.79 Å². The average molecular weight is 348 g/mol. The van der Waals surface area contributed by atoms with Gasteiger partial charge in [-0.05, 0) is 62.9 Å². The lowest BCUT2D eigenvalue weighted by Crippen LogP contribution is -2.29. The first-order valence-corrected chi connectivity index (χ1v) is 9.32. The number of nitrogens with zero attached hydrogens (tertiary/aromatic N) is 2. The maximum atomic E-state index is 11.9. The lowest BCUT2D eigenvalue weighted by atomic mass is 10.2. The van der Waals surface area contributed by atoms with Crippen molar-refractivity contribution in [2.75, 3.05) is 18.4 Å². The minimum absolute atomic E-state index is 0.00824. The summed E-state index contributed by atoms with van der Waals surface area (Å²) >= 11 is 3.18. The molecule has 23 heavy (non-hydrogen) atoms. The zero-order valence-electron chi connectivity index (χ0n) is 13.3. The highest BCUT2D eigenvalue weighted by Crippen LogP contribution is 2.32. The summed E-state index contributed by atoms with van der Waals surface area (Å²) in [6.07, 6.45) is 2.59. The Hall–Kier alpha value is -1.44. The van der Waals surface area contributed by atoms with Gasteiger partial charge >= 0.3 is 0 Å². The molecule has 0 aliphatic heterocycles. The Morgan fingerprint density at radius 1 is 1.35 bits per heavy atom. The second-order valence-corrected chi connectivity index (χ2v) is 8.29. The SMILES string of the molecule is Cc1nnc(Sc2ccc(NC(=O)CNCC3CC3)c(C)c2)s1. The molecule has 3 rings (SSSR count). The van der Waals surface area contributed by atoms with Gasteiger partial charge in [-0.3, -0.25) is 4.79 Å². The molecule has 0 radical (unpaired) electrons.